The van der Waals surface area contributed by atoms with Crippen LogP contribution in [0.5, 0.6) is 0 Å². The molecule has 2 nitrogen and oxygen atoms in total. The second-order valence-corrected chi connectivity index (χ2v) is 1.84. The van der Waals surface area contributed by atoms with Crippen molar-refractivity contribution in [3.8, 4) is 0 Å². The molecule has 50 valence electrons. The van der Waals surface area contributed by atoms with Gasteiger partial charge in [-0.2, -0.15) is 0 Å². The molecule has 0 fully saturated rings. The molecule has 0 saturated heterocycles. The number of hydrogen-bond acceptors (Lipinski definition) is 3. The largest absolute Gasteiger partial charge is 0.397 e. The van der Waals surface area contributed by atoms with Gasteiger partial charge in [-0.3, -0.25) is 0 Å². The smallest absolute Gasteiger partial charge is 0.116 e. The highest BCUT2D eigenvalue weighted by Crippen LogP contribution is 2.09. The number of anilines is 1. The molecule has 0 bridgehead atoms. The van der Waals surface area contributed by atoms with Crippen LogP contribution in [0.15, 0.2) is 23.4 Å². The van der Waals surface area contributed by atoms with E-state index in [2.05, 4.69) is 17.6 Å². The minimum Gasteiger partial charge on any atom is -0.397 e. The van der Waals surface area contributed by atoms with Gasteiger partial charge in [-0.25, -0.2) is 4.98 Å². The van der Waals surface area contributed by atoms with E-state index >= 15 is 0 Å². The Kier molecular flexibility index (Phi) is 3.42. The molecule has 0 aliphatic heterocycles. The second kappa shape index (κ2) is 3.58. The van der Waals surface area contributed by atoms with E-state index in [1.165, 1.54) is 0 Å². The summed E-state index contributed by atoms with van der Waals surface area (Å²) < 4.78 is 0. The fraction of sp³-hybridized carbons (Fsp3) is 0. The van der Waals surface area contributed by atoms with Gasteiger partial charge in [0.05, 0.1) is 5.69 Å². The van der Waals surface area contributed by atoms with E-state index in [0.717, 1.165) is 0 Å². The normalized spacial score (nSPS) is 8.11. The first-order valence-electron chi connectivity index (χ1n) is 2.20. The maximum atomic E-state index is 5.38. The molecule has 0 unspecified atom stereocenters. The average molecular weight is 163 g/mol. The SMILES string of the molecule is Cl.Nc1cccnc1S. The molecule has 2 N–H and O–H groups in total. The zero-order chi connectivity index (χ0) is 5.98. The lowest BCUT2D eigenvalue weighted by molar-refractivity contribution is 1.15. The van der Waals surface area contributed by atoms with E-state index in [1.54, 1.807) is 18.3 Å². The molecule has 1 heterocycles. The minimum atomic E-state index is 0. The number of thiol groups is 1. The van der Waals surface area contributed by atoms with Crippen molar-refractivity contribution in [2.75, 3.05) is 5.73 Å². The Bertz CT molecular complexity index is 171. The number of nitrogens with zero attached hydrogens (tertiary/aromatic N) is 1. The topological polar surface area (TPSA) is 38.9 Å². The van der Waals surface area contributed by atoms with Crippen LogP contribution in [0.4, 0.5) is 5.69 Å². The van der Waals surface area contributed by atoms with Gasteiger partial charge in [0.15, 0.2) is 0 Å². The third-order valence-corrected chi connectivity index (χ3v) is 1.19. The Labute approximate surface area is 65.3 Å². The summed E-state index contributed by atoms with van der Waals surface area (Å²) >= 11 is 3.96. The Morgan fingerprint density at radius 3 is 2.56 bits per heavy atom. The molecule has 0 spiro atoms. The van der Waals surface area contributed by atoms with Crippen molar-refractivity contribution in [1.29, 1.82) is 0 Å². The third-order valence-electron chi connectivity index (χ3n) is 0.817. The Morgan fingerprint density at radius 2 is 2.22 bits per heavy atom. The highest BCUT2D eigenvalue weighted by molar-refractivity contribution is 7.80. The standard InChI is InChI=1S/C5H6N2S.ClH/c6-4-2-1-3-7-5(4)8;/h1-3H,6H2,(H,7,8);1H. The number of nitrogens with two attached hydrogens (primary N) is 1. The van der Waals surface area contributed by atoms with Gasteiger partial charge in [0.1, 0.15) is 5.03 Å². The van der Waals surface area contributed by atoms with Crippen LogP contribution in [-0.2, 0) is 0 Å². The molecule has 1 aromatic rings. The second-order valence-electron chi connectivity index (χ2n) is 1.42. The summed E-state index contributed by atoms with van der Waals surface area (Å²) in [6, 6.07) is 3.53. The highest BCUT2D eigenvalue weighted by atomic mass is 35.5. The first-order valence-corrected chi connectivity index (χ1v) is 2.65. The van der Waals surface area contributed by atoms with Gasteiger partial charge in [0.2, 0.25) is 0 Å². The van der Waals surface area contributed by atoms with E-state index in [4.69, 9.17) is 5.73 Å². The molecule has 1 aromatic heterocycles. The van der Waals surface area contributed by atoms with Crippen LogP contribution in [-0.4, -0.2) is 4.98 Å². The summed E-state index contributed by atoms with van der Waals surface area (Å²) in [6.07, 6.45) is 1.65. The van der Waals surface area contributed by atoms with Gasteiger partial charge in [0.25, 0.3) is 0 Å². The monoisotopic (exact) mass is 162 g/mol. The quantitative estimate of drug-likeness (QED) is 0.566. The predicted octanol–water partition coefficient (Wildman–Crippen LogP) is 1.37. The Balaban J connectivity index is 0.000000640. The van der Waals surface area contributed by atoms with Crippen molar-refractivity contribution in [2.24, 2.45) is 0 Å². The van der Waals surface area contributed by atoms with Crippen LogP contribution in [0.1, 0.15) is 0 Å². The van der Waals surface area contributed by atoms with Crippen molar-refractivity contribution in [1.82, 2.24) is 4.98 Å². The molecule has 0 amide bonds. The number of hydrogen-bond donors (Lipinski definition) is 2. The number of halogens is 1. The summed E-state index contributed by atoms with van der Waals surface area (Å²) in [4.78, 5) is 3.82. The van der Waals surface area contributed by atoms with Crippen LogP contribution in [0.25, 0.3) is 0 Å². The zero-order valence-electron chi connectivity index (χ0n) is 4.61. The van der Waals surface area contributed by atoms with Gasteiger partial charge in [-0.05, 0) is 12.1 Å². The summed E-state index contributed by atoms with van der Waals surface area (Å²) in [5.41, 5.74) is 6.00. The summed E-state index contributed by atoms with van der Waals surface area (Å²) in [7, 11) is 0. The van der Waals surface area contributed by atoms with Gasteiger partial charge in [0, 0.05) is 6.20 Å². The number of rotatable bonds is 0. The number of pyridine rings is 1. The van der Waals surface area contributed by atoms with Crippen LogP contribution >= 0.6 is 25.0 Å². The summed E-state index contributed by atoms with van der Waals surface area (Å²) in [6.45, 7) is 0. The van der Waals surface area contributed by atoms with Crippen molar-refractivity contribution < 1.29 is 0 Å². The molecule has 0 aromatic carbocycles. The third kappa shape index (κ3) is 2.11. The van der Waals surface area contributed by atoms with Crippen molar-refractivity contribution in [2.45, 2.75) is 5.03 Å². The lowest BCUT2D eigenvalue weighted by atomic mass is 10.4. The van der Waals surface area contributed by atoms with Gasteiger partial charge in [-0.1, -0.05) is 0 Å². The first kappa shape index (κ1) is 8.59. The minimum absolute atomic E-state index is 0. The Hall–Kier alpha value is -0.410. The van der Waals surface area contributed by atoms with E-state index in [-0.39, 0.29) is 12.4 Å². The van der Waals surface area contributed by atoms with E-state index in [0.29, 0.717) is 10.7 Å². The maximum absolute atomic E-state index is 5.38. The molecule has 0 radical (unpaired) electrons. The molecule has 0 aliphatic carbocycles. The average Bonchev–Trinajstić information content (AvgIpc) is 1.77. The van der Waals surface area contributed by atoms with Gasteiger partial charge >= 0.3 is 0 Å². The van der Waals surface area contributed by atoms with Gasteiger partial charge < -0.3 is 5.73 Å². The molecule has 0 saturated carbocycles. The van der Waals surface area contributed by atoms with Gasteiger partial charge in [-0.15, -0.1) is 25.0 Å². The zero-order valence-corrected chi connectivity index (χ0v) is 6.32. The van der Waals surface area contributed by atoms with E-state index < -0.39 is 0 Å². The van der Waals surface area contributed by atoms with Crippen molar-refractivity contribution in [3.63, 3.8) is 0 Å². The van der Waals surface area contributed by atoms with E-state index in [1.807, 2.05) is 0 Å². The Morgan fingerprint density at radius 1 is 1.56 bits per heavy atom. The van der Waals surface area contributed by atoms with Crippen LogP contribution in [0.3, 0.4) is 0 Å². The maximum Gasteiger partial charge on any atom is 0.116 e. The highest BCUT2D eigenvalue weighted by Gasteiger charge is 1.87. The van der Waals surface area contributed by atoms with Crippen LogP contribution < -0.4 is 5.73 Å². The summed E-state index contributed by atoms with van der Waals surface area (Å²) in [5, 5.41) is 0.590. The van der Waals surface area contributed by atoms with E-state index in [9.17, 15) is 0 Å². The fourth-order valence-electron chi connectivity index (χ4n) is 0.409. The lowest BCUT2D eigenvalue weighted by Crippen LogP contribution is -1.86. The summed E-state index contributed by atoms with van der Waals surface area (Å²) in [5.74, 6) is 0. The first-order chi connectivity index (χ1) is 3.80. The van der Waals surface area contributed by atoms with Crippen molar-refractivity contribution in [3.05, 3.63) is 18.3 Å². The predicted molar refractivity (Wildman–Crippen MR) is 43.1 cm³/mol. The molecule has 9 heavy (non-hydrogen) atoms. The molecular formula is C5H7ClN2S. The van der Waals surface area contributed by atoms with Crippen LogP contribution in [0.2, 0.25) is 0 Å². The molecule has 0 atom stereocenters. The number of nitrogen functional groups attached to an aromatic ring is 1. The number of aromatic nitrogens is 1. The molecule has 1 rings (SSSR count). The lowest BCUT2D eigenvalue weighted by Gasteiger charge is -1.91. The molecular weight excluding hydrogens is 156 g/mol. The molecule has 0 aliphatic rings. The molecule has 4 heteroatoms. The fourth-order valence-corrected chi connectivity index (χ4v) is 0.551. The van der Waals surface area contributed by atoms with Crippen molar-refractivity contribution >= 4 is 30.7 Å². The van der Waals surface area contributed by atoms with Crippen LogP contribution in [0, 0.1) is 0 Å².